The highest BCUT2D eigenvalue weighted by molar-refractivity contribution is 9.10. The molecule has 0 radical (unpaired) electrons. The first-order chi connectivity index (χ1) is 9.22. The summed E-state index contributed by atoms with van der Waals surface area (Å²) in [7, 11) is 0. The summed E-state index contributed by atoms with van der Waals surface area (Å²) < 4.78 is 3.09. The van der Waals surface area contributed by atoms with E-state index in [0.29, 0.717) is 6.04 Å². The van der Waals surface area contributed by atoms with Crippen LogP contribution >= 0.6 is 27.7 Å². The molecule has 0 atom stereocenters. The van der Waals surface area contributed by atoms with E-state index < -0.39 is 0 Å². The lowest BCUT2D eigenvalue weighted by atomic mass is 10.2. The molecule has 1 aliphatic carbocycles. The minimum atomic E-state index is 0.0578. The molecule has 1 fully saturated rings. The van der Waals surface area contributed by atoms with Crippen LogP contribution < -0.4 is 5.32 Å². The Morgan fingerprint density at radius 2 is 2.26 bits per heavy atom. The molecule has 1 amide bonds. The van der Waals surface area contributed by atoms with Crippen molar-refractivity contribution in [2.24, 2.45) is 0 Å². The molecular formula is C14H21BrN2OS. The van der Waals surface area contributed by atoms with E-state index in [0.717, 1.165) is 23.1 Å². The summed E-state index contributed by atoms with van der Waals surface area (Å²) in [5.41, 5.74) is 0.790. The molecule has 1 N–H and O–H groups in total. The van der Waals surface area contributed by atoms with E-state index in [9.17, 15) is 4.79 Å². The van der Waals surface area contributed by atoms with Crippen LogP contribution in [0.3, 0.4) is 0 Å². The maximum Gasteiger partial charge on any atom is 0.267 e. The zero-order valence-corrected chi connectivity index (χ0v) is 13.7. The Morgan fingerprint density at radius 1 is 1.47 bits per heavy atom. The predicted molar refractivity (Wildman–Crippen MR) is 85.0 cm³/mol. The molecule has 5 heteroatoms. The summed E-state index contributed by atoms with van der Waals surface area (Å²) in [5.74, 6) is 1.27. The average molecular weight is 345 g/mol. The van der Waals surface area contributed by atoms with Crippen molar-refractivity contribution in [2.75, 3.05) is 18.6 Å². The van der Waals surface area contributed by atoms with Crippen LogP contribution in [0.4, 0.5) is 0 Å². The van der Waals surface area contributed by atoms with Crippen LogP contribution in [0.1, 0.15) is 48.6 Å². The number of nitrogens with one attached hydrogen (secondary N) is 1. The first-order valence-corrected chi connectivity index (χ1v) is 9.05. The number of rotatable bonds is 8. The van der Waals surface area contributed by atoms with E-state index in [1.54, 1.807) is 0 Å². The van der Waals surface area contributed by atoms with Gasteiger partial charge in [-0.1, -0.05) is 6.42 Å². The molecule has 106 valence electrons. The van der Waals surface area contributed by atoms with Crippen molar-refractivity contribution in [1.29, 1.82) is 0 Å². The number of unbranched alkanes of at least 4 members (excludes halogenated alkanes) is 2. The number of thioether (sulfide) groups is 1. The third-order valence-corrected chi connectivity index (χ3v) is 4.43. The SMILES string of the molecule is CSCCCCCNC(=O)c1cc(Br)cn1C1CC1. The van der Waals surface area contributed by atoms with E-state index in [-0.39, 0.29) is 5.91 Å². The molecule has 0 unspecified atom stereocenters. The van der Waals surface area contributed by atoms with Crippen LogP contribution in [-0.4, -0.2) is 29.0 Å². The topological polar surface area (TPSA) is 34.0 Å². The van der Waals surface area contributed by atoms with Crippen molar-refractivity contribution < 1.29 is 4.79 Å². The van der Waals surface area contributed by atoms with Crippen LogP contribution in [-0.2, 0) is 0 Å². The summed E-state index contributed by atoms with van der Waals surface area (Å²) in [6.07, 6.45) is 10.0. The third kappa shape index (κ3) is 4.56. The zero-order valence-electron chi connectivity index (χ0n) is 11.3. The predicted octanol–water partition coefficient (Wildman–Crippen LogP) is 3.85. The Bertz CT molecular complexity index is 429. The number of aromatic nitrogens is 1. The van der Waals surface area contributed by atoms with Gasteiger partial charge in [0.2, 0.25) is 0 Å². The monoisotopic (exact) mass is 344 g/mol. The number of carbonyl (C=O) groups is 1. The van der Waals surface area contributed by atoms with Crippen molar-refractivity contribution in [2.45, 2.75) is 38.1 Å². The van der Waals surface area contributed by atoms with Gasteiger partial charge in [0, 0.05) is 23.3 Å². The smallest absolute Gasteiger partial charge is 0.267 e. The van der Waals surface area contributed by atoms with Gasteiger partial charge in [-0.25, -0.2) is 0 Å². The fourth-order valence-electron chi connectivity index (χ4n) is 2.12. The number of hydrogen-bond acceptors (Lipinski definition) is 2. The maximum atomic E-state index is 12.1. The largest absolute Gasteiger partial charge is 0.351 e. The number of amides is 1. The van der Waals surface area contributed by atoms with E-state index in [2.05, 4.69) is 32.1 Å². The fourth-order valence-corrected chi connectivity index (χ4v) is 3.05. The number of hydrogen-bond donors (Lipinski definition) is 1. The number of halogens is 1. The molecule has 0 saturated heterocycles. The molecule has 0 bridgehead atoms. The molecule has 1 saturated carbocycles. The molecule has 1 heterocycles. The zero-order chi connectivity index (χ0) is 13.7. The minimum absolute atomic E-state index is 0.0578. The summed E-state index contributed by atoms with van der Waals surface area (Å²) in [5, 5.41) is 3.02. The van der Waals surface area contributed by atoms with Crippen molar-refractivity contribution in [3.63, 3.8) is 0 Å². The van der Waals surface area contributed by atoms with Gasteiger partial charge in [-0.15, -0.1) is 0 Å². The van der Waals surface area contributed by atoms with Crippen LogP contribution in [0.5, 0.6) is 0 Å². The van der Waals surface area contributed by atoms with E-state index in [4.69, 9.17) is 0 Å². The molecule has 1 aliphatic rings. The number of nitrogens with zero attached hydrogens (tertiary/aromatic N) is 1. The molecule has 0 aromatic carbocycles. The Morgan fingerprint density at radius 3 is 2.95 bits per heavy atom. The van der Waals surface area contributed by atoms with Gasteiger partial charge < -0.3 is 9.88 Å². The van der Waals surface area contributed by atoms with Crippen molar-refractivity contribution in [1.82, 2.24) is 9.88 Å². The second-order valence-electron chi connectivity index (χ2n) is 4.99. The molecule has 1 aromatic heterocycles. The second kappa shape index (κ2) is 7.39. The summed E-state index contributed by atoms with van der Waals surface area (Å²) in [6, 6.07) is 2.45. The summed E-state index contributed by atoms with van der Waals surface area (Å²) >= 11 is 5.34. The van der Waals surface area contributed by atoms with Gasteiger partial charge in [0.25, 0.3) is 5.91 Å². The standard InChI is InChI=1S/C14H21BrN2OS/c1-19-8-4-2-3-7-16-14(18)13-9-11(15)10-17(13)12-5-6-12/h9-10,12H,2-8H2,1H3,(H,16,18). The summed E-state index contributed by atoms with van der Waals surface area (Å²) in [4.78, 5) is 12.1. The summed E-state index contributed by atoms with van der Waals surface area (Å²) in [6.45, 7) is 0.778. The quantitative estimate of drug-likeness (QED) is 0.726. The first-order valence-electron chi connectivity index (χ1n) is 6.87. The van der Waals surface area contributed by atoms with Gasteiger partial charge in [0.1, 0.15) is 5.69 Å². The Kier molecular flexibility index (Phi) is 5.82. The molecule has 0 aliphatic heterocycles. The Balaban J connectivity index is 1.76. The normalized spacial score (nSPS) is 14.6. The molecule has 2 rings (SSSR count). The lowest BCUT2D eigenvalue weighted by Gasteiger charge is -2.08. The van der Waals surface area contributed by atoms with Gasteiger partial charge in [-0.2, -0.15) is 11.8 Å². The Labute approximate surface area is 127 Å². The van der Waals surface area contributed by atoms with Crippen molar-refractivity contribution in [3.8, 4) is 0 Å². The highest BCUT2D eigenvalue weighted by atomic mass is 79.9. The first kappa shape index (κ1) is 15.0. The molecule has 0 spiro atoms. The van der Waals surface area contributed by atoms with Crippen molar-refractivity contribution in [3.05, 3.63) is 22.4 Å². The van der Waals surface area contributed by atoms with Gasteiger partial charge in [0.05, 0.1) is 0 Å². The third-order valence-electron chi connectivity index (χ3n) is 3.30. The van der Waals surface area contributed by atoms with Crippen molar-refractivity contribution >= 4 is 33.6 Å². The maximum absolute atomic E-state index is 12.1. The van der Waals surface area contributed by atoms with Crippen LogP contribution in [0.2, 0.25) is 0 Å². The molecular weight excluding hydrogens is 324 g/mol. The highest BCUT2D eigenvalue weighted by Crippen LogP contribution is 2.37. The average Bonchev–Trinajstić information content (AvgIpc) is 3.16. The lowest BCUT2D eigenvalue weighted by molar-refractivity contribution is 0.0943. The molecule has 3 nitrogen and oxygen atoms in total. The van der Waals surface area contributed by atoms with Gasteiger partial charge in [-0.05, 0) is 59.7 Å². The number of carbonyl (C=O) groups excluding carboxylic acids is 1. The lowest BCUT2D eigenvalue weighted by Crippen LogP contribution is -2.26. The Hall–Kier alpha value is -0.420. The van der Waals surface area contributed by atoms with Gasteiger partial charge >= 0.3 is 0 Å². The van der Waals surface area contributed by atoms with Gasteiger partial charge in [0.15, 0.2) is 0 Å². The van der Waals surface area contributed by atoms with Crippen LogP contribution in [0, 0.1) is 0 Å². The van der Waals surface area contributed by atoms with Crippen LogP contribution in [0.15, 0.2) is 16.7 Å². The van der Waals surface area contributed by atoms with E-state index in [1.165, 1.54) is 31.4 Å². The van der Waals surface area contributed by atoms with Gasteiger partial charge in [-0.3, -0.25) is 4.79 Å². The second-order valence-corrected chi connectivity index (χ2v) is 6.89. The highest BCUT2D eigenvalue weighted by Gasteiger charge is 2.27. The van der Waals surface area contributed by atoms with E-state index >= 15 is 0 Å². The molecule has 19 heavy (non-hydrogen) atoms. The van der Waals surface area contributed by atoms with Crippen LogP contribution in [0.25, 0.3) is 0 Å². The minimum Gasteiger partial charge on any atom is -0.351 e. The van der Waals surface area contributed by atoms with E-state index in [1.807, 2.05) is 24.0 Å². The fraction of sp³-hybridized carbons (Fsp3) is 0.643. The molecule has 1 aromatic rings.